The summed E-state index contributed by atoms with van der Waals surface area (Å²) in [4.78, 5) is 0.687. The first kappa shape index (κ1) is 6.01. The number of aliphatic hydroxyl groups excluding tert-OH is 1. The van der Waals surface area contributed by atoms with E-state index in [1.807, 2.05) is 0 Å². The Hall–Kier alpha value is -0.120. The molecule has 1 heterocycles. The van der Waals surface area contributed by atoms with Crippen molar-refractivity contribution >= 4 is 23.1 Å². The van der Waals surface area contributed by atoms with Crippen LogP contribution in [0.15, 0.2) is 12.3 Å². The summed E-state index contributed by atoms with van der Waals surface area (Å²) in [5.41, 5.74) is -0.887. The molecule has 0 aliphatic rings. The fraction of sp³-hybridized carbons (Fsp3) is 0.250. The highest BCUT2D eigenvalue weighted by Gasteiger charge is 2.01. The Bertz CT molecular complexity index is 151. The lowest BCUT2D eigenvalue weighted by Crippen LogP contribution is -1.78. The Morgan fingerprint density at radius 1 is 1.88 bits per heavy atom. The lowest BCUT2D eigenvalue weighted by atomic mass is 10.5. The quantitative estimate of drug-likeness (QED) is 0.612. The molecule has 4 heteroatoms. The Morgan fingerprint density at radius 3 is 2.88 bits per heavy atom. The van der Waals surface area contributed by atoms with E-state index in [0.29, 0.717) is 4.88 Å². The molecule has 1 atom stereocenters. The van der Waals surface area contributed by atoms with E-state index in [0.717, 1.165) is 0 Å². The molecule has 0 radical (unpaired) electrons. The summed E-state index contributed by atoms with van der Waals surface area (Å²) in [5.74, 6) is 0. The summed E-state index contributed by atoms with van der Waals surface area (Å²) >= 11 is 6.47. The van der Waals surface area contributed by atoms with Crippen LogP contribution in [-0.4, -0.2) is 9.48 Å². The lowest BCUT2D eigenvalue weighted by molar-refractivity contribution is 0.266. The van der Waals surface area contributed by atoms with Crippen LogP contribution < -0.4 is 0 Å². The Balaban J connectivity index is 2.77. The number of nitrogens with zero attached hydrogens (tertiary/aromatic N) is 1. The van der Waals surface area contributed by atoms with Gasteiger partial charge in [0.2, 0.25) is 0 Å². The van der Waals surface area contributed by atoms with Crippen LogP contribution in [0.5, 0.6) is 0 Å². The normalized spacial score (nSPS) is 13.8. The van der Waals surface area contributed by atoms with Crippen molar-refractivity contribution in [3.05, 3.63) is 17.1 Å². The zero-order valence-corrected chi connectivity index (χ0v) is 5.49. The molecule has 8 heavy (non-hydrogen) atoms. The molecule has 0 saturated carbocycles. The van der Waals surface area contributed by atoms with Gasteiger partial charge in [0.25, 0.3) is 0 Å². The van der Waals surface area contributed by atoms with E-state index in [4.69, 9.17) is 16.7 Å². The Kier molecular flexibility index (Phi) is 1.83. The van der Waals surface area contributed by atoms with E-state index in [-0.39, 0.29) is 0 Å². The van der Waals surface area contributed by atoms with Crippen LogP contribution in [0.1, 0.15) is 10.4 Å². The number of aromatic nitrogens is 1. The SMILES string of the molecule is OC(Cl)c1ccns1. The first-order chi connectivity index (χ1) is 3.80. The molecule has 0 spiro atoms. The van der Waals surface area contributed by atoms with E-state index >= 15 is 0 Å². The van der Waals surface area contributed by atoms with Crippen molar-refractivity contribution in [2.45, 2.75) is 5.56 Å². The molecule has 1 unspecified atom stereocenters. The number of aliphatic hydroxyl groups is 1. The summed E-state index contributed by atoms with van der Waals surface area (Å²) in [5, 5.41) is 8.65. The number of hydrogen-bond donors (Lipinski definition) is 1. The summed E-state index contributed by atoms with van der Waals surface area (Å²) in [7, 11) is 0. The molecule has 1 N–H and O–H groups in total. The fourth-order valence-corrected chi connectivity index (χ4v) is 0.993. The molecule has 0 bridgehead atoms. The third kappa shape index (κ3) is 1.18. The minimum atomic E-state index is -0.887. The highest BCUT2D eigenvalue weighted by molar-refractivity contribution is 7.06. The minimum absolute atomic E-state index is 0.687. The second kappa shape index (κ2) is 2.44. The standard InChI is InChI=1S/C4H4ClNOS/c5-4(7)3-1-2-6-8-3/h1-2,4,7H. The lowest BCUT2D eigenvalue weighted by Gasteiger charge is -1.90. The summed E-state index contributed by atoms with van der Waals surface area (Å²) in [6.07, 6.45) is 1.60. The van der Waals surface area contributed by atoms with Crippen LogP contribution in [0, 0.1) is 0 Å². The van der Waals surface area contributed by atoms with Gasteiger partial charge in [0.15, 0.2) is 5.56 Å². The van der Waals surface area contributed by atoms with Crippen LogP contribution in [0.4, 0.5) is 0 Å². The number of hydrogen-bond acceptors (Lipinski definition) is 3. The van der Waals surface area contributed by atoms with Crippen LogP contribution in [0.2, 0.25) is 0 Å². The van der Waals surface area contributed by atoms with E-state index in [1.165, 1.54) is 11.5 Å². The monoisotopic (exact) mass is 149 g/mol. The van der Waals surface area contributed by atoms with Crippen molar-refractivity contribution in [1.29, 1.82) is 0 Å². The van der Waals surface area contributed by atoms with Crippen molar-refractivity contribution in [3.63, 3.8) is 0 Å². The van der Waals surface area contributed by atoms with Crippen LogP contribution >= 0.6 is 23.1 Å². The molecule has 0 saturated heterocycles. The second-order valence-electron chi connectivity index (χ2n) is 1.25. The third-order valence-electron chi connectivity index (χ3n) is 0.693. The highest BCUT2D eigenvalue weighted by Crippen LogP contribution is 2.18. The second-order valence-corrected chi connectivity index (χ2v) is 2.53. The zero-order chi connectivity index (χ0) is 5.98. The maximum atomic E-state index is 8.65. The molecule has 0 aromatic carbocycles. The minimum Gasteiger partial charge on any atom is -0.373 e. The number of halogens is 1. The van der Waals surface area contributed by atoms with Crippen LogP contribution in [0.3, 0.4) is 0 Å². The highest BCUT2D eigenvalue weighted by atomic mass is 35.5. The third-order valence-corrected chi connectivity index (χ3v) is 1.85. The first-order valence-electron chi connectivity index (χ1n) is 2.03. The van der Waals surface area contributed by atoms with Gasteiger partial charge in [-0.3, -0.25) is 0 Å². The van der Waals surface area contributed by atoms with Crippen molar-refractivity contribution in [2.75, 3.05) is 0 Å². The van der Waals surface area contributed by atoms with E-state index in [1.54, 1.807) is 12.3 Å². The molecule has 1 aromatic heterocycles. The van der Waals surface area contributed by atoms with E-state index < -0.39 is 5.56 Å². The molecule has 0 amide bonds. The summed E-state index contributed by atoms with van der Waals surface area (Å²) < 4.78 is 3.74. The Labute approximate surface area is 55.9 Å². The predicted octanol–water partition coefficient (Wildman–Crippen LogP) is 1.37. The number of alkyl halides is 1. The van der Waals surface area contributed by atoms with E-state index in [2.05, 4.69) is 4.37 Å². The van der Waals surface area contributed by atoms with Gasteiger partial charge in [0.1, 0.15) is 0 Å². The predicted molar refractivity (Wildman–Crippen MR) is 32.9 cm³/mol. The van der Waals surface area contributed by atoms with E-state index in [9.17, 15) is 0 Å². The van der Waals surface area contributed by atoms with Gasteiger partial charge in [0.05, 0.1) is 4.88 Å². The topological polar surface area (TPSA) is 33.1 Å². The molecule has 0 fully saturated rings. The number of rotatable bonds is 1. The summed E-state index contributed by atoms with van der Waals surface area (Å²) in [6.45, 7) is 0. The van der Waals surface area contributed by atoms with Gasteiger partial charge >= 0.3 is 0 Å². The average Bonchev–Trinajstić information content (AvgIpc) is 2.12. The summed E-state index contributed by atoms with van der Waals surface area (Å²) in [6, 6.07) is 1.68. The Morgan fingerprint density at radius 2 is 2.62 bits per heavy atom. The molecule has 0 aliphatic heterocycles. The molecule has 2 nitrogen and oxygen atoms in total. The van der Waals surface area contributed by atoms with Crippen molar-refractivity contribution in [2.24, 2.45) is 0 Å². The maximum Gasteiger partial charge on any atom is 0.164 e. The smallest absolute Gasteiger partial charge is 0.164 e. The zero-order valence-electron chi connectivity index (χ0n) is 3.91. The molecular weight excluding hydrogens is 146 g/mol. The van der Waals surface area contributed by atoms with Gasteiger partial charge in [-0.15, -0.1) is 0 Å². The fourth-order valence-electron chi connectivity index (χ4n) is 0.349. The molecule has 1 rings (SSSR count). The van der Waals surface area contributed by atoms with Crippen LogP contribution in [-0.2, 0) is 0 Å². The molecule has 44 valence electrons. The molecule has 1 aromatic rings. The van der Waals surface area contributed by atoms with Gasteiger partial charge in [-0.05, 0) is 17.6 Å². The van der Waals surface area contributed by atoms with Crippen molar-refractivity contribution in [1.82, 2.24) is 4.37 Å². The maximum absolute atomic E-state index is 8.65. The molecule has 0 aliphatic carbocycles. The van der Waals surface area contributed by atoms with Gasteiger partial charge in [-0.2, -0.15) is 0 Å². The van der Waals surface area contributed by atoms with Gasteiger partial charge < -0.3 is 5.11 Å². The van der Waals surface area contributed by atoms with Gasteiger partial charge in [-0.1, -0.05) is 11.6 Å². The van der Waals surface area contributed by atoms with Crippen LogP contribution in [0.25, 0.3) is 0 Å². The molecular formula is C4H4ClNOS. The van der Waals surface area contributed by atoms with Gasteiger partial charge in [0, 0.05) is 6.20 Å². The largest absolute Gasteiger partial charge is 0.373 e. The first-order valence-corrected chi connectivity index (χ1v) is 3.24. The van der Waals surface area contributed by atoms with Gasteiger partial charge in [-0.25, -0.2) is 4.37 Å². The van der Waals surface area contributed by atoms with Crippen molar-refractivity contribution < 1.29 is 5.11 Å². The average molecular weight is 150 g/mol. The van der Waals surface area contributed by atoms with Crippen molar-refractivity contribution in [3.8, 4) is 0 Å².